The predicted octanol–water partition coefficient (Wildman–Crippen LogP) is 2.25. The molecule has 0 bridgehead atoms. The van der Waals surface area contributed by atoms with Crippen molar-refractivity contribution in [2.24, 2.45) is 0 Å². The maximum Gasteiger partial charge on any atom is 0.336 e. The number of pyridine rings is 1. The van der Waals surface area contributed by atoms with E-state index in [1.807, 2.05) is 0 Å². The molecule has 0 saturated heterocycles. The van der Waals surface area contributed by atoms with E-state index in [1.54, 1.807) is 38.4 Å². The van der Waals surface area contributed by atoms with Gasteiger partial charge >= 0.3 is 5.97 Å². The molecular formula is C15H15ClN2O3. The molecule has 0 amide bonds. The van der Waals surface area contributed by atoms with E-state index in [0.29, 0.717) is 28.7 Å². The molecule has 0 radical (unpaired) electrons. The molecule has 1 atom stereocenters. The lowest BCUT2D eigenvalue weighted by Gasteiger charge is -2.27. The van der Waals surface area contributed by atoms with Crippen molar-refractivity contribution in [3.63, 3.8) is 0 Å². The molecule has 5 nitrogen and oxygen atoms in total. The second-order valence-corrected chi connectivity index (χ2v) is 4.87. The number of ether oxygens (including phenoxy) is 1. The van der Waals surface area contributed by atoms with Gasteiger partial charge in [0.15, 0.2) is 0 Å². The van der Waals surface area contributed by atoms with Gasteiger partial charge in [-0.15, -0.1) is 0 Å². The molecule has 6 heteroatoms. The van der Waals surface area contributed by atoms with Gasteiger partial charge in [0.05, 0.1) is 18.1 Å². The number of aldehydes is 1. The molecule has 2 rings (SSSR count). The number of allylic oxidation sites excluding steroid dienone is 2. The van der Waals surface area contributed by atoms with Crippen molar-refractivity contribution < 1.29 is 14.3 Å². The molecular weight excluding hydrogens is 292 g/mol. The van der Waals surface area contributed by atoms with Gasteiger partial charge in [-0.3, -0.25) is 9.78 Å². The summed E-state index contributed by atoms with van der Waals surface area (Å²) < 4.78 is 5.09. The molecule has 1 aromatic heterocycles. The zero-order valence-electron chi connectivity index (χ0n) is 11.7. The Hall–Kier alpha value is -2.14. The summed E-state index contributed by atoms with van der Waals surface area (Å²) in [7, 11) is 0. The normalized spacial score (nSPS) is 18.3. The van der Waals surface area contributed by atoms with Gasteiger partial charge in [-0.1, -0.05) is 17.7 Å². The Labute approximate surface area is 127 Å². The topological polar surface area (TPSA) is 68.3 Å². The number of esters is 1. The van der Waals surface area contributed by atoms with E-state index in [1.165, 1.54) is 0 Å². The third kappa shape index (κ3) is 2.97. The molecule has 110 valence electrons. The largest absolute Gasteiger partial charge is 0.463 e. The van der Waals surface area contributed by atoms with Crippen LogP contribution >= 0.6 is 11.6 Å². The number of carbonyl (C=O) groups excluding carboxylic acids is 2. The lowest BCUT2D eigenvalue weighted by atomic mass is 9.83. The number of hydrogen-bond acceptors (Lipinski definition) is 5. The maximum absolute atomic E-state index is 12.2. The fourth-order valence-electron chi connectivity index (χ4n) is 2.30. The molecule has 2 heterocycles. The second-order valence-electron chi connectivity index (χ2n) is 4.49. The van der Waals surface area contributed by atoms with E-state index in [2.05, 4.69) is 10.3 Å². The number of halogens is 1. The van der Waals surface area contributed by atoms with E-state index in [0.717, 1.165) is 0 Å². The molecule has 1 aromatic rings. The second kappa shape index (κ2) is 6.54. The Morgan fingerprint density at radius 3 is 2.90 bits per heavy atom. The van der Waals surface area contributed by atoms with Crippen LogP contribution in [-0.2, 0) is 14.3 Å². The van der Waals surface area contributed by atoms with Crippen LogP contribution in [0.2, 0.25) is 0 Å². The third-order valence-electron chi connectivity index (χ3n) is 3.19. The molecule has 0 aliphatic carbocycles. The highest BCUT2D eigenvalue weighted by Crippen LogP contribution is 2.38. The van der Waals surface area contributed by atoms with E-state index >= 15 is 0 Å². The molecule has 0 fully saturated rings. The van der Waals surface area contributed by atoms with Gasteiger partial charge in [-0.2, -0.15) is 0 Å². The Kier molecular flexibility index (Phi) is 4.75. The molecule has 0 spiro atoms. The van der Waals surface area contributed by atoms with Crippen molar-refractivity contribution in [1.29, 1.82) is 0 Å². The summed E-state index contributed by atoms with van der Waals surface area (Å²) in [4.78, 5) is 27.7. The minimum absolute atomic E-state index is 0.212. The number of carbonyl (C=O) groups is 2. The summed E-state index contributed by atoms with van der Waals surface area (Å²) >= 11 is 6.10. The van der Waals surface area contributed by atoms with Gasteiger partial charge in [0, 0.05) is 23.7 Å². The standard InChI is InChI=1S/C15H15ClN2O3/c1-3-21-15(20)12-9(2)18-14(16)11(8-19)13(12)10-5-4-6-17-7-10/h4-8,13,18H,3H2,1-2H3. The summed E-state index contributed by atoms with van der Waals surface area (Å²) in [5.74, 6) is -1.05. The van der Waals surface area contributed by atoms with Gasteiger partial charge in [0.1, 0.15) is 11.4 Å². The first-order valence-corrected chi connectivity index (χ1v) is 6.87. The quantitative estimate of drug-likeness (QED) is 0.525. The third-order valence-corrected chi connectivity index (χ3v) is 3.51. The molecule has 0 aromatic carbocycles. The highest BCUT2D eigenvalue weighted by molar-refractivity contribution is 6.31. The van der Waals surface area contributed by atoms with Crippen LogP contribution in [-0.4, -0.2) is 23.8 Å². The Bertz CT molecular complexity index is 623. The van der Waals surface area contributed by atoms with E-state index < -0.39 is 11.9 Å². The van der Waals surface area contributed by atoms with Crippen molar-refractivity contribution >= 4 is 23.9 Å². The van der Waals surface area contributed by atoms with Gasteiger partial charge in [0.2, 0.25) is 0 Å². The summed E-state index contributed by atoms with van der Waals surface area (Å²) in [6.45, 7) is 3.70. The molecule has 1 N–H and O–H groups in total. The van der Waals surface area contributed by atoms with E-state index in [-0.39, 0.29) is 11.8 Å². The fraction of sp³-hybridized carbons (Fsp3) is 0.267. The number of nitrogens with zero attached hydrogens (tertiary/aromatic N) is 1. The van der Waals surface area contributed by atoms with Crippen LogP contribution in [0, 0.1) is 0 Å². The van der Waals surface area contributed by atoms with Crippen LogP contribution in [0.3, 0.4) is 0 Å². The number of hydrogen-bond donors (Lipinski definition) is 1. The Balaban J connectivity index is 2.57. The predicted molar refractivity (Wildman–Crippen MR) is 78.4 cm³/mol. The molecule has 1 aliphatic heterocycles. The summed E-state index contributed by atoms with van der Waals surface area (Å²) in [6.07, 6.45) is 3.88. The summed E-state index contributed by atoms with van der Waals surface area (Å²) in [6, 6.07) is 3.54. The van der Waals surface area contributed by atoms with E-state index in [4.69, 9.17) is 16.3 Å². The SMILES string of the molecule is CCOC(=O)C1=C(C)NC(Cl)=C(C=O)C1c1cccnc1. The van der Waals surface area contributed by atoms with Crippen LogP contribution in [0.15, 0.2) is 46.5 Å². The van der Waals surface area contributed by atoms with Crippen LogP contribution in [0.5, 0.6) is 0 Å². The molecule has 0 saturated carbocycles. The van der Waals surface area contributed by atoms with Crippen molar-refractivity contribution in [3.8, 4) is 0 Å². The van der Waals surface area contributed by atoms with Crippen molar-refractivity contribution in [2.75, 3.05) is 6.61 Å². The number of aromatic nitrogens is 1. The van der Waals surface area contributed by atoms with E-state index in [9.17, 15) is 9.59 Å². The van der Waals surface area contributed by atoms with Gasteiger partial charge in [-0.25, -0.2) is 4.79 Å². The van der Waals surface area contributed by atoms with Gasteiger partial charge in [0.25, 0.3) is 0 Å². The minimum atomic E-state index is -0.580. The number of rotatable bonds is 4. The van der Waals surface area contributed by atoms with Crippen molar-refractivity contribution in [1.82, 2.24) is 10.3 Å². The van der Waals surface area contributed by atoms with Gasteiger partial charge in [-0.05, 0) is 25.5 Å². The zero-order chi connectivity index (χ0) is 15.4. The monoisotopic (exact) mass is 306 g/mol. The fourth-order valence-corrected chi connectivity index (χ4v) is 2.59. The molecule has 1 aliphatic rings. The Morgan fingerprint density at radius 2 is 2.33 bits per heavy atom. The number of nitrogens with one attached hydrogen (secondary N) is 1. The van der Waals surface area contributed by atoms with Crippen molar-refractivity contribution in [2.45, 2.75) is 19.8 Å². The van der Waals surface area contributed by atoms with Gasteiger partial charge < -0.3 is 10.1 Å². The first kappa shape index (κ1) is 15.3. The lowest BCUT2D eigenvalue weighted by Crippen LogP contribution is -2.29. The molecule has 1 unspecified atom stereocenters. The first-order valence-electron chi connectivity index (χ1n) is 6.49. The zero-order valence-corrected chi connectivity index (χ0v) is 12.5. The smallest absolute Gasteiger partial charge is 0.336 e. The Morgan fingerprint density at radius 1 is 1.57 bits per heavy atom. The first-order chi connectivity index (χ1) is 10.1. The van der Waals surface area contributed by atoms with Crippen LogP contribution in [0.1, 0.15) is 25.3 Å². The highest BCUT2D eigenvalue weighted by Gasteiger charge is 2.34. The van der Waals surface area contributed by atoms with Crippen molar-refractivity contribution in [3.05, 3.63) is 52.1 Å². The maximum atomic E-state index is 12.2. The lowest BCUT2D eigenvalue weighted by molar-refractivity contribution is -0.138. The summed E-state index contributed by atoms with van der Waals surface area (Å²) in [5, 5.41) is 3.05. The minimum Gasteiger partial charge on any atom is -0.463 e. The summed E-state index contributed by atoms with van der Waals surface area (Å²) in [5.41, 5.74) is 1.94. The highest BCUT2D eigenvalue weighted by atomic mass is 35.5. The van der Waals surface area contributed by atoms with Crippen LogP contribution in [0.4, 0.5) is 0 Å². The average molecular weight is 307 g/mol. The molecule has 21 heavy (non-hydrogen) atoms. The average Bonchev–Trinajstić information content (AvgIpc) is 2.47. The van der Waals surface area contributed by atoms with Crippen LogP contribution < -0.4 is 5.32 Å². The number of dihydropyridines is 1. The van der Waals surface area contributed by atoms with Crippen LogP contribution in [0.25, 0.3) is 0 Å².